The second-order valence-corrected chi connectivity index (χ2v) is 6.76. The van der Waals surface area contributed by atoms with Crippen molar-refractivity contribution in [3.05, 3.63) is 59.2 Å². The molecule has 126 valence electrons. The van der Waals surface area contributed by atoms with E-state index in [0.29, 0.717) is 11.3 Å². The minimum Gasteiger partial charge on any atom is -0.485 e. The lowest BCUT2D eigenvalue weighted by atomic mass is 9.73. The summed E-state index contributed by atoms with van der Waals surface area (Å²) in [6, 6.07) is 8.48. The van der Waals surface area contributed by atoms with E-state index < -0.39 is 11.4 Å². The van der Waals surface area contributed by atoms with E-state index in [0.717, 1.165) is 31.5 Å². The second kappa shape index (κ2) is 5.83. The fourth-order valence-electron chi connectivity index (χ4n) is 3.97. The monoisotopic (exact) mass is 328 g/mol. The molecule has 4 nitrogen and oxygen atoms in total. The Bertz CT molecular complexity index is 759. The van der Waals surface area contributed by atoms with Crippen LogP contribution < -0.4 is 4.74 Å². The van der Waals surface area contributed by atoms with Gasteiger partial charge in [-0.25, -0.2) is 4.39 Å². The van der Waals surface area contributed by atoms with Crippen molar-refractivity contribution in [1.82, 2.24) is 9.88 Å². The first kappa shape index (κ1) is 15.5. The molecule has 1 fully saturated rings. The predicted octanol–water partition coefficient (Wildman–Crippen LogP) is 2.69. The van der Waals surface area contributed by atoms with E-state index in [1.165, 1.54) is 6.07 Å². The zero-order chi connectivity index (χ0) is 16.7. The molecule has 1 saturated heterocycles. The molecule has 0 bridgehead atoms. The Kier molecular flexibility index (Phi) is 3.77. The number of nitrogens with zero attached hydrogens (tertiary/aromatic N) is 2. The molecule has 1 aromatic heterocycles. The number of ether oxygens (including phenoxy) is 1. The molecule has 2 aromatic rings. The van der Waals surface area contributed by atoms with Gasteiger partial charge in [-0.1, -0.05) is 18.2 Å². The number of benzene rings is 1. The molecular formula is C19H21FN2O2. The Morgan fingerprint density at radius 3 is 2.83 bits per heavy atom. The summed E-state index contributed by atoms with van der Waals surface area (Å²) in [7, 11) is 2.08. The number of halogens is 1. The first-order valence-corrected chi connectivity index (χ1v) is 8.37. The fourth-order valence-corrected chi connectivity index (χ4v) is 3.97. The maximum absolute atomic E-state index is 14.4. The molecule has 1 N–H and O–H groups in total. The van der Waals surface area contributed by atoms with Gasteiger partial charge in [0, 0.05) is 23.2 Å². The number of piperidine rings is 1. The Morgan fingerprint density at radius 1 is 1.25 bits per heavy atom. The maximum Gasteiger partial charge on any atom is 0.165 e. The summed E-state index contributed by atoms with van der Waals surface area (Å²) in [5.41, 5.74) is 0.583. The van der Waals surface area contributed by atoms with Crippen LogP contribution in [0.3, 0.4) is 0 Å². The molecule has 0 aliphatic carbocycles. The SMILES string of the molecule is CN1CCC(C2(O)c3cccc(F)c3OCc3cccnc32)CC1. The van der Waals surface area contributed by atoms with E-state index in [2.05, 4.69) is 16.9 Å². The van der Waals surface area contributed by atoms with Crippen molar-refractivity contribution in [2.45, 2.75) is 25.0 Å². The highest BCUT2D eigenvalue weighted by molar-refractivity contribution is 5.48. The molecule has 0 amide bonds. The number of likely N-dealkylation sites (tertiary alicyclic amines) is 1. The van der Waals surface area contributed by atoms with Gasteiger partial charge in [-0.15, -0.1) is 0 Å². The number of hydrogen-bond donors (Lipinski definition) is 1. The van der Waals surface area contributed by atoms with Crippen LogP contribution in [0.1, 0.15) is 29.7 Å². The van der Waals surface area contributed by atoms with Crippen LogP contribution in [-0.4, -0.2) is 35.1 Å². The minimum absolute atomic E-state index is 0.0235. The van der Waals surface area contributed by atoms with Crippen molar-refractivity contribution in [2.24, 2.45) is 5.92 Å². The fraction of sp³-hybridized carbons (Fsp3) is 0.421. The van der Waals surface area contributed by atoms with Gasteiger partial charge in [0.05, 0.1) is 5.69 Å². The van der Waals surface area contributed by atoms with Crippen molar-refractivity contribution >= 4 is 0 Å². The van der Waals surface area contributed by atoms with Gasteiger partial charge in [-0.2, -0.15) is 0 Å². The highest BCUT2D eigenvalue weighted by atomic mass is 19.1. The molecule has 1 unspecified atom stereocenters. The van der Waals surface area contributed by atoms with E-state index in [-0.39, 0.29) is 18.3 Å². The molecule has 2 aliphatic rings. The van der Waals surface area contributed by atoms with Crippen LogP contribution in [0, 0.1) is 11.7 Å². The normalized spacial score (nSPS) is 24.6. The summed E-state index contributed by atoms with van der Waals surface area (Å²) < 4.78 is 20.1. The third-order valence-electron chi connectivity index (χ3n) is 5.31. The van der Waals surface area contributed by atoms with Crippen molar-refractivity contribution in [3.63, 3.8) is 0 Å². The second-order valence-electron chi connectivity index (χ2n) is 6.76. The van der Waals surface area contributed by atoms with Crippen LogP contribution in [0.25, 0.3) is 0 Å². The van der Waals surface area contributed by atoms with Gasteiger partial charge in [0.1, 0.15) is 12.2 Å². The zero-order valence-electron chi connectivity index (χ0n) is 13.7. The Hall–Kier alpha value is -1.98. The summed E-state index contributed by atoms with van der Waals surface area (Å²) in [5.74, 6) is -0.312. The Labute approximate surface area is 140 Å². The molecule has 1 atom stereocenters. The van der Waals surface area contributed by atoms with Gasteiger partial charge in [-0.05, 0) is 45.1 Å². The first-order valence-electron chi connectivity index (χ1n) is 8.37. The topological polar surface area (TPSA) is 45.6 Å². The lowest BCUT2D eigenvalue weighted by Gasteiger charge is -2.40. The van der Waals surface area contributed by atoms with Gasteiger partial charge in [0.2, 0.25) is 0 Å². The lowest BCUT2D eigenvalue weighted by molar-refractivity contribution is -0.0149. The Morgan fingerprint density at radius 2 is 2.04 bits per heavy atom. The number of para-hydroxylation sites is 1. The quantitative estimate of drug-likeness (QED) is 0.874. The maximum atomic E-state index is 14.4. The van der Waals surface area contributed by atoms with Crippen LogP contribution >= 0.6 is 0 Å². The van der Waals surface area contributed by atoms with Crippen molar-refractivity contribution < 1.29 is 14.2 Å². The van der Waals surface area contributed by atoms with Crippen LogP contribution in [0.15, 0.2) is 36.5 Å². The molecule has 5 heteroatoms. The smallest absolute Gasteiger partial charge is 0.165 e. The highest BCUT2D eigenvalue weighted by Crippen LogP contribution is 2.47. The van der Waals surface area contributed by atoms with E-state index in [9.17, 15) is 9.50 Å². The number of aromatic nitrogens is 1. The van der Waals surface area contributed by atoms with Crippen LogP contribution in [-0.2, 0) is 12.2 Å². The van der Waals surface area contributed by atoms with Crippen molar-refractivity contribution in [1.29, 1.82) is 0 Å². The number of fused-ring (bicyclic) bond motifs is 2. The molecule has 0 saturated carbocycles. The van der Waals surface area contributed by atoms with E-state index >= 15 is 0 Å². The van der Waals surface area contributed by atoms with Crippen molar-refractivity contribution in [2.75, 3.05) is 20.1 Å². The first-order chi connectivity index (χ1) is 11.6. The average molecular weight is 328 g/mol. The summed E-state index contributed by atoms with van der Waals surface area (Å²) in [5, 5.41) is 11.9. The van der Waals surface area contributed by atoms with Gasteiger partial charge in [0.25, 0.3) is 0 Å². The summed E-state index contributed by atoms with van der Waals surface area (Å²) in [6.45, 7) is 2.02. The highest BCUT2D eigenvalue weighted by Gasteiger charge is 2.47. The van der Waals surface area contributed by atoms with Gasteiger partial charge in [-0.3, -0.25) is 4.98 Å². The third-order valence-corrected chi connectivity index (χ3v) is 5.31. The van der Waals surface area contributed by atoms with Gasteiger partial charge >= 0.3 is 0 Å². The van der Waals surface area contributed by atoms with Gasteiger partial charge < -0.3 is 14.7 Å². The van der Waals surface area contributed by atoms with Crippen molar-refractivity contribution in [3.8, 4) is 5.75 Å². The third kappa shape index (κ3) is 2.31. The Balaban J connectivity index is 1.92. The molecule has 1 aromatic carbocycles. The number of hydrogen-bond acceptors (Lipinski definition) is 4. The minimum atomic E-state index is -1.33. The molecule has 0 spiro atoms. The standard InChI is InChI=1S/C19H21FN2O2/c1-22-10-7-14(8-11-22)19(23)15-5-2-6-16(20)17(15)24-12-13-4-3-9-21-18(13)19/h2-6,9,14,23H,7-8,10-12H2,1H3. The summed E-state index contributed by atoms with van der Waals surface area (Å²) >= 11 is 0. The van der Waals surface area contributed by atoms with E-state index in [1.807, 2.05) is 12.1 Å². The largest absolute Gasteiger partial charge is 0.485 e. The number of pyridine rings is 1. The van der Waals surface area contributed by atoms with Gasteiger partial charge in [0.15, 0.2) is 11.6 Å². The summed E-state index contributed by atoms with van der Waals surface area (Å²) in [6.07, 6.45) is 3.35. The number of aliphatic hydroxyl groups is 1. The summed E-state index contributed by atoms with van der Waals surface area (Å²) in [4.78, 5) is 6.74. The molecule has 0 radical (unpaired) electrons. The molecule has 2 aliphatic heterocycles. The molecule has 3 heterocycles. The number of rotatable bonds is 1. The van der Waals surface area contributed by atoms with E-state index in [1.54, 1.807) is 18.3 Å². The van der Waals surface area contributed by atoms with Crippen LogP contribution in [0.4, 0.5) is 4.39 Å². The zero-order valence-corrected chi connectivity index (χ0v) is 13.7. The molecular weight excluding hydrogens is 307 g/mol. The predicted molar refractivity (Wildman–Crippen MR) is 88.2 cm³/mol. The average Bonchev–Trinajstić information content (AvgIpc) is 2.73. The van der Waals surface area contributed by atoms with Crippen LogP contribution in [0.5, 0.6) is 5.75 Å². The van der Waals surface area contributed by atoms with E-state index in [4.69, 9.17) is 4.74 Å². The van der Waals surface area contributed by atoms with Crippen LogP contribution in [0.2, 0.25) is 0 Å². The molecule has 24 heavy (non-hydrogen) atoms. The molecule has 4 rings (SSSR count). The lowest BCUT2D eigenvalue weighted by Crippen LogP contribution is -2.44.